The first-order valence-corrected chi connectivity index (χ1v) is 12.0. The minimum atomic E-state index is -3.75. The zero-order valence-corrected chi connectivity index (χ0v) is 19.0. The number of nitrogens with one attached hydrogen (secondary N) is 1. The van der Waals surface area contributed by atoms with Crippen LogP contribution >= 0.6 is 11.8 Å². The van der Waals surface area contributed by atoms with Gasteiger partial charge in [0.1, 0.15) is 0 Å². The number of para-hydroxylation sites is 1. The Morgan fingerprint density at radius 3 is 2.30 bits per heavy atom. The van der Waals surface area contributed by atoms with Crippen molar-refractivity contribution in [1.82, 2.24) is 0 Å². The zero-order valence-electron chi connectivity index (χ0n) is 17.3. The summed E-state index contributed by atoms with van der Waals surface area (Å²) < 4.78 is 27.4. The maximum absolute atomic E-state index is 13.1. The molecule has 0 aliphatic rings. The van der Waals surface area contributed by atoms with Gasteiger partial charge in [0, 0.05) is 17.5 Å². The van der Waals surface area contributed by atoms with Crippen LogP contribution in [0.5, 0.6) is 0 Å². The summed E-state index contributed by atoms with van der Waals surface area (Å²) in [7, 11) is -2.24. The summed E-state index contributed by atoms with van der Waals surface area (Å²) in [6.07, 6.45) is 1.94. The number of aryl methyl sites for hydroxylation is 2. The molecule has 0 atom stereocenters. The maximum Gasteiger partial charge on any atom is 0.264 e. The monoisotopic (exact) mass is 440 g/mol. The van der Waals surface area contributed by atoms with Crippen molar-refractivity contribution in [2.45, 2.75) is 23.6 Å². The van der Waals surface area contributed by atoms with Crippen LogP contribution in [0, 0.1) is 13.8 Å². The van der Waals surface area contributed by atoms with Gasteiger partial charge in [0.25, 0.3) is 15.9 Å². The molecule has 5 nitrogen and oxygen atoms in total. The molecular formula is C23H24N2O3S2. The SMILES string of the molecule is CSc1ccccc1NC(=O)c1ccc(C)c(N(C)S(=O)(=O)c2ccc(C)cc2)c1. The summed E-state index contributed by atoms with van der Waals surface area (Å²) in [5.74, 6) is -0.293. The highest BCUT2D eigenvalue weighted by Crippen LogP contribution is 2.28. The number of benzene rings is 3. The third kappa shape index (κ3) is 4.52. The van der Waals surface area contributed by atoms with Gasteiger partial charge in [0.15, 0.2) is 0 Å². The molecule has 3 aromatic rings. The molecule has 0 aliphatic carbocycles. The van der Waals surface area contributed by atoms with Crippen LogP contribution in [0.15, 0.2) is 76.5 Å². The van der Waals surface area contributed by atoms with Crippen molar-refractivity contribution < 1.29 is 13.2 Å². The number of thioether (sulfide) groups is 1. The Labute approximate surface area is 182 Å². The van der Waals surface area contributed by atoms with Gasteiger partial charge in [-0.2, -0.15) is 0 Å². The van der Waals surface area contributed by atoms with Crippen LogP contribution in [0.1, 0.15) is 21.5 Å². The Kier molecular flexibility index (Phi) is 6.53. The lowest BCUT2D eigenvalue weighted by Crippen LogP contribution is -2.27. The fourth-order valence-corrected chi connectivity index (χ4v) is 4.84. The molecule has 0 heterocycles. The van der Waals surface area contributed by atoms with Crippen LogP contribution in [0.2, 0.25) is 0 Å². The number of anilines is 2. The molecule has 0 fully saturated rings. The molecule has 0 aliphatic heterocycles. The molecule has 0 spiro atoms. The first-order chi connectivity index (χ1) is 14.2. The molecule has 30 heavy (non-hydrogen) atoms. The molecule has 3 rings (SSSR count). The average molecular weight is 441 g/mol. The van der Waals surface area contributed by atoms with Gasteiger partial charge in [0.05, 0.1) is 16.3 Å². The van der Waals surface area contributed by atoms with Crippen LogP contribution in [-0.4, -0.2) is 27.6 Å². The second-order valence-corrected chi connectivity index (χ2v) is 9.76. The predicted molar refractivity (Wildman–Crippen MR) is 124 cm³/mol. The second-order valence-electron chi connectivity index (χ2n) is 6.94. The van der Waals surface area contributed by atoms with Crippen molar-refractivity contribution in [3.8, 4) is 0 Å². The van der Waals surface area contributed by atoms with E-state index < -0.39 is 10.0 Å². The van der Waals surface area contributed by atoms with Crippen molar-refractivity contribution in [2.75, 3.05) is 22.9 Å². The Hall–Kier alpha value is -2.77. The van der Waals surface area contributed by atoms with Crippen molar-refractivity contribution in [3.05, 3.63) is 83.4 Å². The van der Waals surface area contributed by atoms with E-state index in [1.807, 2.05) is 44.4 Å². The molecule has 0 aromatic heterocycles. The standard InChI is InChI=1S/C23H24N2O3S2/c1-16-9-13-19(14-10-16)30(27,28)25(3)21-15-18(12-11-17(21)2)23(26)24-20-7-5-6-8-22(20)29-4/h5-15H,1-4H3,(H,24,26). The average Bonchev–Trinajstić information content (AvgIpc) is 2.74. The number of hydrogen-bond donors (Lipinski definition) is 1. The predicted octanol–water partition coefficient (Wildman–Crippen LogP) is 5.10. The van der Waals surface area contributed by atoms with E-state index >= 15 is 0 Å². The van der Waals surface area contributed by atoms with Crippen LogP contribution in [0.25, 0.3) is 0 Å². The van der Waals surface area contributed by atoms with Gasteiger partial charge in [-0.25, -0.2) is 8.42 Å². The van der Waals surface area contributed by atoms with Crippen LogP contribution in [-0.2, 0) is 10.0 Å². The minimum absolute atomic E-state index is 0.207. The van der Waals surface area contributed by atoms with Crippen LogP contribution in [0.4, 0.5) is 11.4 Å². The molecule has 0 saturated heterocycles. The van der Waals surface area contributed by atoms with E-state index in [9.17, 15) is 13.2 Å². The number of sulfonamides is 1. The topological polar surface area (TPSA) is 66.5 Å². The third-order valence-electron chi connectivity index (χ3n) is 4.85. The number of nitrogens with zero attached hydrogens (tertiary/aromatic N) is 1. The van der Waals surface area contributed by atoms with Gasteiger partial charge in [-0.1, -0.05) is 35.9 Å². The first-order valence-electron chi connectivity index (χ1n) is 9.34. The van der Waals surface area contributed by atoms with Gasteiger partial charge in [-0.15, -0.1) is 11.8 Å². The number of carbonyl (C=O) groups excluding carboxylic acids is 1. The highest BCUT2D eigenvalue weighted by Gasteiger charge is 2.23. The fourth-order valence-electron chi connectivity index (χ4n) is 3.03. The van der Waals surface area contributed by atoms with Crippen molar-refractivity contribution in [1.29, 1.82) is 0 Å². The smallest absolute Gasteiger partial charge is 0.264 e. The van der Waals surface area contributed by atoms with Crippen molar-refractivity contribution in [3.63, 3.8) is 0 Å². The van der Waals surface area contributed by atoms with E-state index in [2.05, 4.69) is 5.32 Å². The van der Waals surface area contributed by atoms with E-state index in [0.717, 1.165) is 21.7 Å². The zero-order chi connectivity index (χ0) is 21.9. The van der Waals surface area contributed by atoms with E-state index in [1.54, 1.807) is 54.2 Å². The molecule has 7 heteroatoms. The van der Waals surface area contributed by atoms with Crippen LogP contribution in [0.3, 0.4) is 0 Å². The normalized spacial score (nSPS) is 11.2. The summed E-state index contributed by atoms with van der Waals surface area (Å²) in [6, 6.07) is 19.3. The summed E-state index contributed by atoms with van der Waals surface area (Å²) in [5, 5.41) is 2.91. The number of amides is 1. The van der Waals surface area contributed by atoms with E-state index in [4.69, 9.17) is 0 Å². The highest BCUT2D eigenvalue weighted by atomic mass is 32.2. The number of carbonyl (C=O) groups is 1. The fraction of sp³-hybridized carbons (Fsp3) is 0.174. The number of rotatable bonds is 6. The van der Waals surface area contributed by atoms with Crippen LogP contribution < -0.4 is 9.62 Å². The number of hydrogen-bond acceptors (Lipinski definition) is 4. The van der Waals surface area contributed by atoms with E-state index in [0.29, 0.717) is 11.3 Å². The summed E-state index contributed by atoms with van der Waals surface area (Å²) in [6.45, 7) is 3.72. The van der Waals surface area contributed by atoms with Crippen molar-refractivity contribution >= 4 is 39.1 Å². The minimum Gasteiger partial charge on any atom is -0.321 e. The highest BCUT2D eigenvalue weighted by molar-refractivity contribution is 7.98. The van der Waals surface area contributed by atoms with E-state index in [-0.39, 0.29) is 10.8 Å². The lowest BCUT2D eigenvalue weighted by Gasteiger charge is -2.22. The summed E-state index contributed by atoms with van der Waals surface area (Å²) in [4.78, 5) is 14.0. The molecule has 0 radical (unpaired) electrons. The molecular weight excluding hydrogens is 416 g/mol. The quantitative estimate of drug-likeness (QED) is 0.542. The summed E-state index contributed by atoms with van der Waals surface area (Å²) in [5.41, 5.74) is 3.31. The maximum atomic E-state index is 13.1. The van der Waals surface area contributed by atoms with Gasteiger partial charge >= 0.3 is 0 Å². The Balaban J connectivity index is 1.92. The molecule has 3 aromatic carbocycles. The third-order valence-corrected chi connectivity index (χ3v) is 7.43. The van der Waals surface area contributed by atoms with Gasteiger partial charge in [-0.3, -0.25) is 9.10 Å². The Morgan fingerprint density at radius 2 is 1.63 bits per heavy atom. The van der Waals surface area contributed by atoms with Gasteiger partial charge in [0.2, 0.25) is 0 Å². The first kappa shape index (κ1) is 21.9. The lowest BCUT2D eigenvalue weighted by molar-refractivity contribution is 0.102. The van der Waals surface area contributed by atoms with Crippen molar-refractivity contribution in [2.24, 2.45) is 0 Å². The van der Waals surface area contributed by atoms with E-state index in [1.165, 1.54) is 11.4 Å². The Bertz CT molecular complexity index is 1170. The molecule has 1 N–H and O–H groups in total. The molecule has 156 valence electrons. The van der Waals surface area contributed by atoms with Gasteiger partial charge in [-0.05, 0) is 62.1 Å². The second kappa shape index (κ2) is 8.93. The summed E-state index contributed by atoms with van der Waals surface area (Å²) >= 11 is 1.54. The van der Waals surface area contributed by atoms with Gasteiger partial charge < -0.3 is 5.32 Å². The molecule has 0 bridgehead atoms. The Morgan fingerprint density at radius 1 is 0.967 bits per heavy atom. The molecule has 0 saturated carbocycles. The molecule has 0 unspecified atom stereocenters. The largest absolute Gasteiger partial charge is 0.321 e. The molecule has 1 amide bonds. The lowest BCUT2D eigenvalue weighted by atomic mass is 10.1.